The molecular formula is C17H20N2O4. The summed E-state index contributed by atoms with van der Waals surface area (Å²) in [6.45, 7) is 1.90. The third kappa shape index (κ3) is 4.35. The molecule has 0 radical (unpaired) electrons. The quantitative estimate of drug-likeness (QED) is 0.826. The molecule has 0 bridgehead atoms. The molecule has 1 aromatic heterocycles. The molecule has 2 aromatic rings. The van der Waals surface area contributed by atoms with Crippen LogP contribution in [-0.2, 0) is 23.1 Å². The minimum atomic E-state index is -0.865. The molecule has 2 rings (SSSR count). The Labute approximate surface area is 135 Å². The van der Waals surface area contributed by atoms with Gasteiger partial charge in [-0.3, -0.25) is 4.79 Å². The van der Waals surface area contributed by atoms with Gasteiger partial charge in [-0.05, 0) is 36.8 Å². The van der Waals surface area contributed by atoms with Gasteiger partial charge in [0.15, 0.2) is 6.10 Å². The van der Waals surface area contributed by atoms with Crippen LogP contribution in [-0.4, -0.2) is 29.7 Å². The number of esters is 1. The highest BCUT2D eigenvalue weighted by Gasteiger charge is 2.19. The van der Waals surface area contributed by atoms with Crippen molar-refractivity contribution in [3.8, 4) is 5.75 Å². The number of amides is 1. The van der Waals surface area contributed by atoms with Crippen LogP contribution in [0.2, 0.25) is 0 Å². The number of aromatic nitrogens is 1. The van der Waals surface area contributed by atoms with Crippen molar-refractivity contribution >= 4 is 11.9 Å². The lowest BCUT2D eigenvalue weighted by Crippen LogP contribution is -2.35. The molecule has 1 amide bonds. The molecule has 122 valence electrons. The molecule has 1 heterocycles. The van der Waals surface area contributed by atoms with Crippen LogP contribution in [0, 0.1) is 0 Å². The van der Waals surface area contributed by atoms with Crippen molar-refractivity contribution in [2.75, 3.05) is 7.11 Å². The van der Waals surface area contributed by atoms with E-state index in [4.69, 9.17) is 9.47 Å². The zero-order valence-corrected chi connectivity index (χ0v) is 13.4. The van der Waals surface area contributed by atoms with Crippen LogP contribution in [0.15, 0.2) is 42.6 Å². The van der Waals surface area contributed by atoms with Crippen LogP contribution in [0.5, 0.6) is 5.75 Å². The zero-order valence-electron chi connectivity index (χ0n) is 13.4. The second kappa shape index (κ2) is 7.49. The highest BCUT2D eigenvalue weighted by Crippen LogP contribution is 2.11. The number of nitrogens with one attached hydrogen (secondary N) is 1. The van der Waals surface area contributed by atoms with E-state index in [0.717, 1.165) is 11.3 Å². The summed E-state index contributed by atoms with van der Waals surface area (Å²) in [7, 11) is 3.34. The first-order valence-electron chi connectivity index (χ1n) is 7.24. The maximum Gasteiger partial charge on any atom is 0.355 e. The number of aryl methyl sites for hydroxylation is 1. The molecule has 1 aromatic carbocycles. The van der Waals surface area contributed by atoms with Gasteiger partial charge in [0.25, 0.3) is 5.91 Å². The highest BCUT2D eigenvalue weighted by atomic mass is 16.5. The predicted octanol–water partition coefficient (Wildman–Crippen LogP) is 1.90. The third-order valence-electron chi connectivity index (χ3n) is 3.43. The second-order valence-electron chi connectivity index (χ2n) is 5.12. The summed E-state index contributed by atoms with van der Waals surface area (Å²) < 4.78 is 11.9. The van der Waals surface area contributed by atoms with E-state index in [1.807, 2.05) is 24.3 Å². The van der Waals surface area contributed by atoms with Gasteiger partial charge in [-0.15, -0.1) is 0 Å². The summed E-state index contributed by atoms with van der Waals surface area (Å²) in [4.78, 5) is 24.0. The summed E-state index contributed by atoms with van der Waals surface area (Å²) in [5, 5.41) is 2.74. The van der Waals surface area contributed by atoms with Gasteiger partial charge in [0.05, 0.1) is 7.11 Å². The van der Waals surface area contributed by atoms with E-state index in [2.05, 4.69) is 5.32 Å². The fourth-order valence-corrected chi connectivity index (χ4v) is 2.02. The molecule has 0 fully saturated rings. The van der Waals surface area contributed by atoms with E-state index in [1.54, 1.807) is 44.0 Å². The number of carbonyl (C=O) groups excluding carboxylic acids is 2. The molecule has 0 saturated heterocycles. The molecule has 1 N–H and O–H groups in total. The first kappa shape index (κ1) is 16.6. The lowest BCUT2D eigenvalue weighted by molar-refractivity contribution is -0.129. The number of ether oxygens (including phenoxy) is 2. The molecule has 6 nitrogen and oxygen atoms in total. The van der Waals surface area contributed by atoms with Gasteiger partial charge < -0.3 is 19.4 Å². The van der Waals surface area contributed by atoms with Crippen LogP contribution in [0.25, 0.3) is 0 Å². The van der Waals surface area contributed by atoms with E-state index in [1.165, 1.54) is 0 Å². The zero-order chi connectivity index (χ0) is 16.8. The van der Waals surface area contributed by atoms with Crippen LogP contribution in [0.1, 0.15) is 23.0 Å². The lowest BCUT2D eigenvalue weighted by atomic mass is 10.2. The van der Waals surface area contributed by atoms with Crippen LogP contribution in [0.3, 0.4) is 0 Å². The van der Waals surface area contributed by atoms with Crippen molar-refractivity contribution in [1.82, 2.24) is 9.88 Å². The second-order valence-corrected chi connectivity index (χ2v) is 5.12. The van der Waals surface area contributed by atoms with E-state index < -0.39 is 12.1 Å². The van der Waals surface area contributed by atoms with Gasteiger partial charge in [-0.1, -0.05) is 12.1 Å². The summed E-state index contributed by atoms with van der Waals surface area (Å²) in [5.41, 5.74) is 1.33. The first-order chi connectivity index (χ1) is 11.0. The van der Waals surface area contributed by atoms with Gasteiger partial charge in [0.1, 0.15) is 11.4 Å². The maximum absolute atomic E-state index is 12.0. The van der Waals surface area contributed by atoms with Crippen LogP contribution in [0.4, 0.5) is 0 Å². The Bertz CT molecular complexity index is 676. The fourth-order valence-electron chi connectivity index (χ4n) is 2.02. The van der Waals surface area contributed by atoms with Crippen LogP contribution >= 0.6 is 0 Å². The average molecular weight is 316 g/mol. The Morgan fingerprint density at radius 3 is 2.48 bits per heavy atom. The lowest BCUT2D eigenvalue weighted by Gasteiger charge is -2.14. The molecule has 0 aliphatic rings. The Balaban J connectivity index is 1.84. The Hall–Kier alpha value is -2.76. The molecule has 0 spiro atoms. The van der Waals surface area contributed by atoms with Gasteiger partial charge in [-0.2, -0.15) is 0 Å². The number of rotatable bonds is 6. The minimum absolute atomic E-state index is 0.344. The monoisotopic (exact) mass is 316 g/mol. The average Bonchev–Trinajstić information content (AvgIpc) is 2.99. The van der Waals surface area contributed by atoms with E-state index >= 15 is 0 Å². The highest BCUT2D eigenvalue weighted by molar-refractivity contribution is 5.90. The van der Waals surface area contributed by atoms with E-state index in [9.17, 15) is 9.59 Å². The molecular weight excluding hydrogens is 296 g/mol. The fraction of sp³-hybridized carbons (Fsp3) is 0.294. The standard InChI is InChI=1S/C17H20N2O4/c1-12(23-17(21)15-5-4-10-19(15)2)16(20)18-11-13-6-8-14(22-3)9-7-13/h4-10,12H,11H2,1-3H3,(H,18,20)/t12-/m1/s1. The molecule has 6 heteroatoms. The van der Waals surface area contributed by atoms with Gasteiger partial charge >= 0.3 is 5.97 Å². The smallest absolute Gasteiger partial charge is 0.355 e. The van der Waals surface area contributed by atoms with Crippen molar-refractivity contribution in [3.63, 3.8) is 0 Å². The number of hydrogen-bond acceptors (Lipinski definition) is 4. The van der Waals surface area contributed by atoms with Gasteiger partial charge in [0.2, 0.25) is 0 Å². The number of benzene rings is 1. The number of hydrogen-bond donors (Lipinski definition) is 1. The molecule has 1 atom stereocenters. The van der Waals surface area contributed by atoms with Gasteiger partial charge in [-0.25, -0.2) is 4.79 Å². The molecule has 0 aliphatic carbocycles. The predicted molar refractivity (Wildman–Crippen MR) is 85.1 cm³/mol. The summed E-state index contributed by atoms with van der Waals surface area (Å²) in [5.74, 6) is -0.113. The molecule has 0 saturated carbocycles. The summed E-state index contributed by atoms with van der Waals surface area (Å²) in [6, 6.07) is 10.7. The summed E-state index contributed by atoms with van der Waals surface area (Å²) >= 11 is 0. The van der Waals surface area contributed by atoms with Crippen molar-refractivity contribution in [3.05, 3.63) is 53.9 Å². The van der Waals surface area contributed by atoms with E-state index in [0.29, 0.717) is 12.2 Å². The Kier molecular flexibility index (Phi) is 5.41. The number of carbonyl (C=O) groups is 2. The Morgan fingerprint density at radius 2 is 1.91 bits per heavy atom. The first-order valence-corrected chi connectivity index (χ1v) is 7.24. The maximum atomic E-state index is 12.0. The van der Waals surface area contributed by atoms with Crippen molar-refractivity contribution in [1.29, 1.82) is 0 Å². The SMILES string of the molecule is COc1ccc(CNC(=O)[C@@H](C)OC(=O)c2cccn2C)cc1. The number of nitrogens with zero attached hydrogens (tertiary/aromatic N) is 1. The number of methoxy groups -OCH3 is 1. The van der Waals surface area contributed by atoms with E-state index in [-0.39, 0.29) is 5.91 Å². The Morgan fingerprint density at radius 1 is 1.22 bits per heavy atom. The molecule has 0 aliphatic heterocycles. The topological polar surface area (TPSA) is 69.6 Å². The molecule has 23 heavy (non-hydrogen) atoms. The van der Waals surface area contributed by atoms with Crippen molar-refractivity contribution < 1.29 is 19.1 Å². The normalized spacial score (nSPS) is 11.6. The minimum Gasteiger partial charge on any atom is -0.497 e. The molecule has 0 unspecified atom stereocenters. The van der Waals surface area contributed by atoms with Crippen molar-refractivity contribution in [2.24, 2.45) is 7.05 Å². The van der Waals surface area contributed by atoms with Crippen molar-refractivity contribution in [2.45, 2.75) is 19.6 Å². The third-order valence-corrected chi connectivity index (χ3v) is 3.43. The largest absolute Gasteiger partial charge is 0.497 e. The van der Waals surface area contributed by atoms with Gasteiger partial charge in [0, 0.05) is 19.8 Å². The van der Waals surface area contributed by atoms with Crippen LogP contribution < -0.4 is 10.1 Å². The summed E-state index contributed by atoms with van der Waals surface area (Å²) in [6.07, 6.45) is 0.876.